The average molecular weight is 259 g/mol. The van der Waals surface area contributed by atoms with Gasteiger partial charge in [0.1, 0.15) is 0 Å². The Morgan fingerprint density at radius 3 is 2.63 bits per heavy atom. The fourth-order valence-corrected chi connectivity index (χ4v) is 1.93. The third-order valence-electron chi connectivity index (χ3n) is 2.78. The van der Waals surface area contributed by atoms with Crippen LogP contribution in [-0.4, -0.2) is 23.3 Å². The molecule has 2 aromatic rings. The summed E-state index contributed by atoms with van der Waals surface area (Å²) in [6.07, 6.45) is 0. The molecule has 0 saturated carbocycles. The van der Waals surface area contributed by atoms with E-state index < -0.39 is 17.2 Å². The lowest BCUT2D eigenvalue weighted by Gasteiger charge is -2.06. The van der Waals surface area contributed by atoms with E-state index in [9.17, 15) is 14.4 Å². The Balaban J connectivity index is 2.64. The molecule has 5 nitrogen and oxygen atoms in total. The van der Waals surface area contributed by atoms with Crippen LogP contribution in [-0.2, 0) is 9.53 Å². The standard InChI is InChI=1S/C14H13NO4/c1-3-19-14(18)13(17)11-8(2)15-10-7-5-4-6-9(10)12(11)16/h4-7H,3H2,1-2H3,(H,15,16). The number of hydrogen-bond donors (Lipinski definition) is 1. The van der Waals surface area contributed by atoms with Gasteiger partial charge in [-0.15, -0.1) is 0 Å². The molecular formula is C14H13NO4. The molecular weight excluding hydrogens is 246 g/mol. The number of esters is 1. The van der Waals surface area contributed by atoms with Crippen LogP contribution in [0.1, 0.15) is 23.0 Å². The number of fused-ring (bicyclic) bond motifs is 1. The lowest BCUT2D eigenvalue weighted by Crippen LogP contribution is -2.26. The average Bonchev–Trinajstić information content (AvgIpc) is 2.38. The quantitative estimate of drug-likeness (QED) is 0.516. The zero-order valence-corrected chi connectivity index (χ0v) is 10.6. The summed E-state index contributed by atoms with van der Waals surface area (Å²) in [7, 11) is 0. The summed E-state index contributed by atoms with van der Waals surface area (Å²) in [4.78, 5) is 38.6. The van der Waals surface area contributed by atoms with Crippen LogP contribution in [0.5, 0.6) is 0 Å². The van der Waals surface area contributed by atoms with E-state index in [2.05, 4.69) is 9.72 Å². The first kappa shape index (κ1) is 13.0. The molecule has 19 heavy (non-hydrogen) atoms. The van der Waals surface area contributed by atoms with E-state index in [1.165, 1.54) is 0 Å². The second kappa shape index (κ2) is 5.06. The molecule has 5 heteroatoms. The number of Topliss-reactive ketones (excluding diaryl/α,β-unsaturated/α-hetero) is 1. The Bertz CT molecular complexity index is 715. The first-order valence-electron chi connectivity index (χ1n) is 5.89. The van der Waals surface area contributed by atoms with Crippen LogP contribution in [0, 0.1) is 6.92 Å². The highest BCUT2D eigenvalue weighted by molar-refractivity contribution is 6.41. The topological polar surface area (TPSA) is 76.2 Å². The maximum Gasteiger partial charge on any atom is 0.379 e. The number of nitrogens with one attached hydrogen (secondary N) is 1. The summed E-state index contributed by atoms with van der Waals surface area (Å²) in [5, 5.41) is 0.376. The number of H-pyrrole nitrogens is 1. The summed E-state index contributed by atoms with van der Waals surface area (Å²) in [5.41, 5.74) is 0.384. The summed E-state index contributed by atoms with van der Waals surface area (Å²) < 4.78 is 4.64. The molecule has 1 N–H and O–H groups in total. The number of hydrogen-bond acceptors (Lipinski definition) is 4. The molecule has 1 aromatic heterocycles. The summed E-state index contributed by atoms with van der Waals surface area (Å²) in [5.74, 6) is -1.92. The Hall–Kier alpha value is -2.43. The van der Waals surface area contributed by atoms with Crippen LogP contribution in [0.2, 0.25) is 0 Å². The minimum absolute atomic E-state index is 0.0924. The largest absolute Gasteiger partial charge is 0.460 e. The van der Waals surface area contributed by atoms with Gasteiger partial charge in [0.25, 0.3) is 5.78 Å². The highest BCUT2D eigenvalue weighted by Crippen LogP contribution is 2.11. The van der Waals surface area contributed by atoms with Gasteiger partial charge in [0, 0.05) is 16.6 Å². The third kappa shape index (κ3) is 2.27. The highest BCUT2D eigenvalue weighted by atomic mass is 16.5. The molecule has 0 fully saturated rings. The van der Waals surface area contributed by atoms with Crippen LogP contribution in [0.25, 0.3) is 10.9 Å². The molecule has 1 aromatic carbocycles. The summed E-state index contributed by atoms with van der Waals surface area (Å²) >= 11 is 0. The predicted octanol–water partition coefficient (Wildman–Crippen LogP) is 1.58. The zero-order valence-electron chi connectivity index (χ0n) is 10.6. The third-order valence-corrected chi connectivity index (χ3v) is 2.78. The van der Waals surface area contributed by atoms with E-state index >= 15 is 0 Å². The van der Waals surface area contributed by atoms with Gasteiger partial charge in [-0.25, -0.2) is 4.79 Å². The van der Waals surface area contributed by atoms with Gasteiger partial charge >= 0.3 is 5.97 Å². The van der Waals surface area contributed by atoms with E-state index in [1.54, 1.807) is 38.1 Å². The molecule has 0 atom stereocenters. The molecule has 1 heterocycles. The van der Waals surface area contributed by atoms with Crippen molar-refractivity contribution in [1.82, 2.24) is 4.98 Å². The van der Waals surface area contributed by atoms with Crippen molar-refractivity contribution in [2.75, 3.05) is 6.61 Å². The van der Waals surface area contributed by atoms with Crippen molar-refractivity contribution in [3.05, 3.63) is 45.7 Å². The van der Waals surface area contributed by atoms with Crippen molar-refractivity contribution in [2.45, 2.75) is 13.8 Å². The Kier molecular flexibility index (Phi) is 3.46. The molecule has 0 unspecified atom stereocenters. The normalized spacial score (nSPS) is 10.4. The van der Waals surface area contributed by atoms with Crippen molar-refractivity contribution < 1.29 is 14.3 Å². The summed E-state index contributed by atoms with van der Waals surface area (Å²) in [6, 6.07) is 6.83. The fraction of sp³-hybridized carbons (Fsp3) is 0.214. The second-order valence-electron chi connectivity index (χ2n) is 4.05. The number of rotatable bonds is 3. The Labute approximate surface area is 109 Å². The van der Waals surface area contributed by atoms with Crippen LogP contribution in [0.15, 0.2) is 29.1 Å². The molecule has 0 aliphatic heterocycles. The van der Waals surface area contributed by atoms with Gasteiger partial charge in [-0.05, 0) is 26.0 Å². The molecule has 0 aliphatic carbocycles. The van der Waals surface area contributed by atoms with Crippen molar-refractivity contribution in [3.8, 4) is 0 Å². The molecule has 0 amide bonds. The maximum absolute atomic E-state index is 12.3. The SMILES string of the molecule is CCOC(=O)C(=O)c1c(C)[nH]c2ccccc2c1=O. The number of ether oxygens (including phenoxy) is 1. The molecule has 0 saturated heterocycles. The number of para-hydroxylation sites is 1. The van der Waals surface area contributed by atoms with Gasteiger partial charge in [-0.1, -0.05) is 12.1 Å². The van der Waals surface area contributed by atoms with Crippen LogP contribution in [0.3, 0.4) is 0 Å². The Morgan fingerprint density at radius 1 is 1.26 bits per heavy atom. The number of benzene rings is 1. The highest BCUT2D eigenvalue weighted by Gasteiger charge is 2.24. The lowest BCUT2D eigenvalue weighted by atomic mass is 10.1. The van der Waals surface area contributed by atoms with E-state index in [0.717, 1.165) is 0 Å². The number of ketones is 1. The number of aromatic amines is 1. The molecule has 0 aliphatic rings. The van der Waals surface area contributed by atoms with Crippen molar-refractivity contribution in [1.29, 1.82) is 0 Å². The van der Waals surface area contributed by atoms with Gasteiger partial charge in [-0.3, -0.25) is 9.59 Å². The minimum atomic E-state index is -1.01. The van der Waals surface area contributed by atoms with Gasteiger partial charge in [0.15, 0.2) is 0 Å². The number of carbonyl (C=O) groups is 2. The monoisotopic (exact) mass is 259 g/mol. The molecule has 0 radical (unpaired) electrons. The minimum Gasteiger partial charge on any atom is -0.460 e. The molecule has 0 spiro atoms. The van der Waals surface area contributed by atoms with Gasteiger partial charge in [0.05, 0.1) is 12.2 Å². The van der Waals surface area contributed by atoms with Crippen molar-refractivity contribution in [3.63, 3.8) is 0 Å². The number of carbonyl (C=O) groups excluding carboxylic acids is 2. The van der Waals surface area contributed by atoms with Crippen LogP contribution in [0.4, 0.5) is 0 Å². The van der Waals surface area contributed by atoms with Crippen LogP contribution < -0.4 is 5.43 Å². The molecule has 0 bridgehead atoms. The maximum atomic E-state index is 12.3. The number of aromatic nitrogens is 1. The van der Waals surface area contributed by atoms with Gasteiger partial charge in [0.2, 0.25) is 5.43 Å². The molecule has 98 valence electrons. The first-order chi connectivity index (χ1) is 9.06. The van der Waals surface area contributed by atoms with E-state index in [1.807, 2.05) is 0 Å². The van der Waals surface area contributed by atoms with E-state index in [0.29, 0.717) is 16.6 Å². The first-order valence-corrected chi connectivity index (χ1v) is 5.89. The van der Waals surface area contributed by atoms with Gasteiger partial charge < -0.3 is 9.72 Å². The van der Waals surface area contributed by atoms with Crippen LogP contribution >= 0.6 is 0 Å². The van der Waals surface area contributed by atoms with E-state index in [-0.39, 0.29) is 12.2 Å². The second-order valence-corrected chi connectivity index (χ2v) is 4.05. The predicted molar refractivity (Wildman–Crippen MR) is 70.3 cm³/mol. The van der Waals surface area contributed by atoms with Crippen molar-refractivity contribution in [2.24, 2.45) is 0 Å². The summed E-state index contributed by atoms with van der Waals surface area (Å²) in [6.45, 7) is 3.28. The van der Waals surface area contributed by atoms with E-state index in [4.69, 9.17) is 0 Å². The zero-order chi connectivity index (χ0) is 14.0. The van der Waals surface area contributed by atoms with Gasteiger partial charge in [-0.2, -0.15) is 0 Å². The number of pyridine rings is 1. The van der Waals surface area contributed by atoms with Crippen molar-refractivity contribution >= 4 is 22.7 Å². The molecule has 2 rings (SSSR count). The number of aryl methyl sites for hydroxylation is 1. The lowest BCUT2D eigenvalue weighted by molar-refractivity contribution is -0.137. The Morgan fingerprint density at radius 2 is 1.95 bits per heavy atom. The smallest absolute Gasteiger partial charge is 0.379 e. The fourth-order valence-electron chi connectivity index (χ4n) is 1.93.